The lowest BCUT2D eigenvalue weighted by Gasteiger charge is -2.00. The van der Waals surface area contributed by atoms with Gasteiger partial charge in [0.1, 0.15) is 0 Å². The van der Waals surface area contributed by atoms with Crippen LogP contribution in [0.1, 0.15) is 5.56 Å². The first-order valence-corrected chi connectivity index (χ1v) is 3.63. The van der Waals surface area contributed by atoms with E-state index in [1.807, 2.05) is 0 Å². The number of rotatable bonds is 2. The Morgan fingerprint density at radius 1 is 1.58 bits per heavy atom. The summed E-state index contributed by atoms with van der Waals surface area (Å²) in [5.74, 6) is 0. The number of benzene rings is 1. The summed E-state index contributed by atoms with van der Waals surface area (Å²) in [6.45, 7) is -0.285. The third-order valence-electron chi connectivity index (χ3n) is 1.40. The molecule has 0 heterocycles. The molecule has 0 amide bonds. The van der Waals surface area contributed by atoms with Gasteiger partial charge < -0.3 is 5.73 Å². The van der Waals surface area contributed by atoms with Gasteiger partial charge in [0, 0.05) is 21.2 Å². The fourth-order valence-electron chi connectivity index (χ4n) is 0.850. The number of anilines is 1. The molecule has 0 aliphatic rings. The Kier molecular flexibility index (Phi) is 2.50. The highest BCUT2D eigenvalue weighted by atomic mass is 35.5. The van der Waals surface area contributed by atoms with Crippen LogP contribution in [0.25, 0.3) is 0 Å². The summed E-state index contributed by atoms with van der Waals surface area (Å²) in [7, 11) is 0. The first-order valence-electron chi connectivity index (χ1n) is 3.25. The summed E-state index contributed by atoms with van der Waals surface area (Å²) in [5, 5.41) is 10.6. The molecule has 4 nitrogen and oxygen atoms in total. The molecule has 0 bridgehead atoms. The van der Waals surface area contributed by atoms with Crippen molar-refractivity contribution in [3.05, 3.63) is 38.9 Å². The Morgan fingerprint density at radius 3 is 2.83 bits per heavy atom. The van der Waals surface area contributed by atoms with Gasteiger partial charge in [-0.2, -0.15) is 0 Å². The second-order valence-electron chi connectivity index (χ2n) is 2.33. The van der Waals surface area contributed by atoms with Gasteiger partial charge >= 0.3 is 0 Å². The molecule has 12 heavy (non-hydrogen) atoms. The Labute approximate surface area is 74.1 Å². The third-order valence-corrected chi connectivity index (χ3v) is 1.64. The Morgan fingerprint density at radius 2 is 2.25 bits per heavy atom. The second kappa shape index (κ2) is 3.40. The first-order chi connectivity index (χ1) is 5.59. The highest BCUT2D eigenvalue weighted by molar-refractivity contribution is 6.30. The summed E-state index contributed by atoms with van der Waals surface area (Å²) in [5.41, 5.74) is 6.33. The Bertz CT molecular complexity index is 314. The minimum Gasteiger partial charge on any atom is -0.398 e. The van der Waals surface area contributed by atoms with E-state index in [1.165, 1.54) is 6.07 Å². The van der Waals surface area contributed by atoms with E-state index < -0.39 is 4.92 Å². The molecule has 2 N–H and O–H groups in total. The van der Waals surface area contributed by atoms with Gasteiger partial charge in [-0.25, -0.2) is 0 Å². The number of nitro groups is 1. The molecule has 0 atom stereocenters. The van der Waals surface area contributed by atoms with Crippen molar-refractivity contribution in [2.24, 2.45) is 0 Å². The largest absolute Gasteiger partial charge is 0.398 e. The lowest BCUT2D eigenvalue weighted by atomic mass is 10.2. The van der Waals surface area contributed by atoms with E-state index in [4.69, 9.17) is 17.3 Å². The maximum atomic E-state index is 10.1. The van der Waals surface area contributed by atoms with Gasteiger partial charge in [-0.15, -0.1) is 0 Å². The third kappa shape index (κ3) is 2.10. The number of hydrogen-bond donors (Lipinski definition) is 1. The van der Waals surface area contributed by atoms with Crippen LogP contribution in [0.15, 0.2) is 18.2 Å². The van der Waals surface area contributed by atoms with E-state index in [1.54, 1.807) is 12.1 Å². The van der Waals surface area contributed by atoms with Crippen LogP contribution in [0, 0.1) is 10.1 Å². The average Bonchev–Trinajstić information content (AvgIpc) is 1.96. The highest BCUT2D eigenvalue weighted by Crippen LogP contribution is 2.18. The Hall–Kier alpha value is -1.29. The summed E-state index contributed by atoms with van der Waals surface area (Å²) >= 11 is 5.62. The summed E-state index contributed by atoms with van der Waals surface area (Å²) in [6, 6.07) is 4.65. The molecule has 1 aromatic carbocycles. The molecule has 5 heteroatoms. The van der Waals surface area contributed by atoms with Gasteiger partial charge in [0.25, 0.3) is 0 Å². The van der Waals surface area contributed by atoms with Gasteiger partial charge in [-0.05, 0) is 18.2 Å². The number of nitrogen functional groups attached to an aromatic ring is 1. The molecule has 0 aliphatic heterocycles. The van der Waals surface area contributed by atoms with Crippen molar-refractivity contribution in [1.29, 1.82) is 0 Å². The zero-order chi connectivity index (χ0) is 9.14. The van der Waals surface area contributed by atoms with E-state index in [2.05, 4.69) is 0 Å². The van der Waals surface area contributed by atoms with Crippen LogP contribution in [-0.4, -0.2) is 4.92 Å². The number of hydrogen-bond acceptors (Lipinski definition) is 3. The molecule has 0 fully saturated rings. The van der Waals surface area contributed by atoms with Crippen LogP contribution in [0.3, 0.4) is 0 Å². The zero-order valence-corrected chi connectivity index (χ0v) is 6.91. The molecule has 1 rings (SSSR count). The fraction of sp³-hybridized carbons (Fsp3) is 0.143. The minimum absolute atomic E-state index is 0.285. The topological polar surface area (TPSA) is 69.2 Å². The van der Waals surface area contributed by atoms with Crippen LogP contribution < -0.4 is 5.73 Å². The van der Waals surface area contributed by atoms with Crippen molar-refractivity contribution < 1.29 is 4.92 Å². The van der Waals surface area contributed by atoms with Gasteiger partial charge in [0.15, 0.2) is 0 Å². The van der Waals surface area contributed by atoms with Gasteiger partial charge in [0.05, 0.1) is 0 Å². The molecule has 0 aliphatic carbocycles. The van der Waals surface area contributed by atoms with Crippen molar-refractivity contribution in [3.8, 4) is 0 Å². The quantitative estimate of drug-likeness (QED) is 0.434. The van der Waals surface area contributed by atoms with Crippen molar-refractivity contribution >= 4 is 17.3 Å². The standard InChI is InChI=1S/C7H7ClN2O2/c8-6-1-2-7(9)5(3-6)4-10(11)12/h1-3H,4,9H2. The van der Waals surface area contributed by atoms with Crippen LogP contribution in [0.5, 0.6) is 0 Å². The predicted octanol–water partition coefficient (Wildman–Crippen LogP) is 1.70. The number of nitrogens with zero attached hydrogens (tertiary/aromatic N) is 1. The summed E-state index contributed by atoms with van der Waals surface area (Å²) < 4.78 is 0. The number of nitrogens with two attached hydrogens (primary N) is 1. The van der Waals surface area contributed by atoms with Crippen LogP contribution >= 0.6 is 11.6 Å². The van der Waals surface area contributed by atoms with Gasteiger partial charge in [-0.3, -0.25) is 10.1 Å². The molecular formula is C7H7ClN2O2. The van der Waals surface area contributed by atoms with Crippen LogP contribution in [0.2, 0.25) is 5.02 Å². The SMILES string of the molecule is Nc1ccc(Cl)cc1C[N+](=O)[O-]. The van der Waals surface area contributed by atoms with E-state index >= 15 is 0 Å². The maximum absolute atomic E-state index is 10.1. The predicted molar refractivity (Wildman–Crippen MR) is 46.6 cm³/mol. The van der Waals surface area contributed by atoms with Gasteiger partial charge in [0.2, 0.25) is 6.54 Å². The van der Waals surface area contributed by atoms with E-state index in [0.717, 1.165) is 0 Å². The molecule has 0 saturated heterocycles. The van der Waals surface area contributed by atoms with Gasteiger partial charge in [-0.1, -0.05) is 11.6 Å². The molecule has 0 spiro atoms. The van der Waals surface area contributed by atoms with Crippen molar-refractivity contribution in [1.82, 2.24) is 0 Å². The Balaban J connectivity index is 2.97. The van der Waals surface area contributed by atoms with E-state index in [0.29, 0.717) is 16.3 Å². The van der Waals surface area contributed by atoms with E-state index in [9.17, 15) is 10.1 Å². The molecule has 1 aromatic rings. The van der Waals surface area contributed by atoms with Crippen LogP contribution in [-0.2, 0) is 6.54 Å². The molecule has 0 radical (unpaired) electrons. The van der Waals surface area contributed by atoms with Crippen molar-refractivity contribution in [3.63, 3.8) is 0 Å². The minimum atomic E-state index is -0.442. The molecule has 0 aromatic heterocycles. The van der Waals surface area contributed by atoms with Crippen LogP contribution in [0.4, 0.5) is 5.69 Å². The first kappa shape index (κ1) is 8.80. The second-order valence-corrected chi connectivity index (χ2v) is 2.77. The molecular weight excluding hydrogens is 180 g/mol. The number of halogens is 1. The molecule has 0 unspecified atom stereocenters. The maximum Gasteiger partial charge on any atom is 0.230 e. The lowest BCUT2D eigenvalue weighted by molar-refractivity contribution is -0.496. The molecule has 0 saturated carbocycles. The van der Waals surface area contributed by atoms with E-state index in [-0.39, 0.29) is 6.54 Å². The van der Waals surface area contributed by atoms with Crippen molar-refractivity contribution in [2.45, 2.75) is 6.54 Å². The zero-order valence-electron chi connectivity index (χ0n) is 6.16. The fourth-order valence-corrected chi connectivity index (χ4v) is 1.05. The smallest absolute Gasteiger partial charge is 0.230 e. The summed E-state index contributed by atoms with van der Waals surface area (Å²) in [4.78, 5) is 9.70. The normalized spacial score (nSPS) is 9.75. The summed E-state index contributed by atoms with van der Waals surface area (Å²) in [6.07, 6.45) is 0. The monoisotopic (exact) mass is 186 g/mol. The van der Waals surface area contributed by atoms with Crippen molar-refractivity contribution in [2.75, 3.05) is 5.73 Å². The highest BCUT2D eigenvalue weighted by Gasteiger charge is 2.05. The molecule has 64 valence electrons. The average molecular weight is 187 g/mol. The lowest BCUT2D eigenvalue weighted by Crippen LogP contribution is -2.01.